The Morgan fingerprint density at radius 1 is 1.46 bits per heavy atom. The number of nitrogens with zero attached hydrogens (tertiary/aromatic N) is 1. The zero-order valence-electron chi connectivity index (χ0n) is 7.53. The van der Waals surface area contributed by atoms with E-state index in [1.807, 2.05) is 0 Å². The first-order chi connectivity index (χ1) is 6.09. The van der Waals surface area contributed by atoms with Gasteiger partial charge in [0.25, 0.3) is 0 Å². The molecule has 0 unspecified atom stereocenters. The third-order valence-electron chi connectivity index (χ3n) is 2.07. The van der Waals surface area contributed by atoms with Gasteiger partial charge in [-0.05, 0) is 12.8 Å². The second-order valence-electron chi connectivity index (χ2n) is 3.38. The number of amides is 1. The van der Waals surface area contributed by atoms with Crippen LogP contribution >= 0.6 is 12.2 Å². The van der Waals surface area contributed by atoms with E-state index in [0.717, 1.165) is 19.4 Å². The average Bonchev–Trinajstić information content (AvgIpc) is 2.78. The second kappa shape index (κ2) is 4.53. The summed E-state index contributed by atoms with van der Waals surface area (Å²) in [5, 5.41) is 0. The van der Waals surface area contributed by atoms with Crippen molar-refractivity contribution in [2.45, 2.75) is 25.3 Å². The molecule has 1 aliphatic carbocycles. The van der Waals surface area contributed by atoms with Crippen LogP contribution in [-0.2, 0) is 4.79 Å². The molecule has 4 nitrogen and oxygen atoms in total. The lowest BCUT2D eigenvalue weighted by Crippen LogP contribution is -2.37. The fourth-order valence-electron chi connectivity index (χ4n) is 1.28. The van der Waals surface area contributed by atoms with Gasteiger partial charge in [-0.2, -0.15) is 0 Å². The highest BCUT2D eigenvalue weighted by Crippen LogP contribution is 2.26. The summed E-state index contributed by atoms with van der Waals surface area (Å²) in [6.45, 7) is 1.08. The molecule has 13 heavy (non-hydrogen) atoms. The minimum atomic E-state index is -0.283. The Kier molecular flexibility index (Phi) is 3.62. The molecule has 1 rings (SSSR count). The highest BCUT2D eigenvalue weighted by molar-refractivity contribution is 7.80. The van der Waals surface area contributed by atoms with E-state index in [-0.39, 0.29) is 5.91 Å². The summed E-state index contributed by atoms with van der Waals surface area (Å²) in [5.74, 6) is -0.283. The molecule has 1 amide bonds. The lowest BCUT2D eigenvalue weighted by Gasteiger charge is -2.19. The summed E-state index contributed by atoms with van der Waals surface area (Å²) in [5.41, 5.74) is 10.5. The van der Waals surface area contributed by atoms with E-state index in [1.165, 1.54) is 0 Å². The van der Waals surface area contributed by atoms with Crippen molar-refractivity contribution in [3.63, 3.8) is 0 Å². The quantitative estimate of drug-likeness (QED) is 0.574. The van der Waals surface area contributed by atoms with Crippen LogP contribution in [0.2, 0.25) is 0 Å². The van der Waals surface area contributed by atoms with Crippen molar-refractivity contribution < 1.29 is 4.79 Å². The minimum absolute atomic E-state index is 0.283. The average molecular weight is 201 g/mol. The van der Waals surface area contributed by atoms with Gasteiger partial charge in [-0.15, -0.1) is 0 Å². The highest BCUT2D eigenvalue weighted by atomic mass is 32.1. The molecule has 0 heterocycles. The Labute approximate surface area is 83.2 Å². The van der Waals surface area contributed by atoms with Crippen LogP contribution in [0.4, 0.5) is 0 Å². The summed E-state index contributed by atoms with van der Waals surface area (Å²) in [4.78, 5) is 13.3. The number of carbonyl (C=O) groups excluding carboxylic acids is 1. The summed E-state index contributed by atoms with van der Waals surface area (Å²) < 4.78 is 0. The smallest absolute Gasteiger partial charge is 0.231 e. The van der Waals surface area contributed by atoms with Gasteiger partial charge >= 0.3 is 0 Å². The molecule has 0 spiro atoms. The molecule has 0 aromatic rings. The van der Waals surface area contributed by atoms with Crippen LogP contribution in [0.5, 0.6) is 0 Å². The molecule has 0 aromatic carbocycles. The molecule has 0 aromatic heterocycles. The van der Waals surface area contributed by atoms with Gasteiger partial charge in [0.2, 0.25) is 5.91 Å². The van der Waals surface area contributed by atoms with Gasteiger partial charge in [0.1, 0.15) is 0 Å². The Morgan fingerprint density at radius 2 is 2.08 bits per heavy atom. The summed E-state index contributed by atoms with van der Waals surface area (Å²) >= 11 is 4.77. The van der Waals surface area contributed by atoms with Gasteiger partial charge in [-0.3, -0.25) is 9.69 Å². The number of carbonyl (C=O) groups is 1. The molecule has 0 atom stereocenters. The Hall–Kier alpha value is -0.680. The monoisotopic (exact) mass is 201 g/mol. The maximum absolute atomic E-state index is 10.7. The normalized spacial score (nSPS) is 16.1. The van der Waals surface area contributed by atoms with Crippen LogP contribution in [0.3, 0.4) is 0 Å². The molecule has 0 radical (unpaired) electrons. The number of primary amides is 1. The molecule has 0 aliphatic heterocycles. The molecule has 74 valence electrons. The third-order valence-corrected chi connectivity index (χ3v) is 2.27. The Balaban J connectivity index is 2.29. The van der Waals surface area contributed by atoms with Crippen molar-refractivity contribution >= 4 is 23.1 Å². The van der Waals surface area contributed by atoms with E-state index < -0.39 is 0 Å². The predicted molar refractivity (Wildman–Crippen MR) is 55.2 cm³/mol. The largest absolute Gasteiger partial charge is 0.393 e. The van der Waals surface area contributed by atoms with Crippen molar-refractivity contribution in [1.82, 2.24) is 4.90 Å². The van der Waals surface area contributed by atoms with Crippen molar-refractivity contribution in [3.05, 3.63) is 0 Å². The van der Waals surface area contributed by atoms with Crippen LogP contribution in [0.15, 0.2) is 0 Å². The molecular formula is C8H15N3OS. The number of thiocarbonyl (C=S) groups is 1. The minimum Gasteiger partial charge on any atom is -0.393 e. The SMILES string of the molecule is NC(=O)CN(CCC(N)=S)C1CC1. The number of hydrogen-bond acceptors (Lipinski definition) is 3. The topological polar surface area (TPSA) is 72.4 Å². The lowest BCUT2D eigenvalue weighted by atomic mass is 10.3. The molecule has 4 N–H and O–H groups in total. The maximum atomic E-state index is 10.7. The number of hydrogen-bond donors (Lipinski definition) is 2. The molecule has 1 saturated carbocycles. The first-order valence-electron chi connectivity index (χ1n) is 4.40. The Bertz CT molecular complexity index is 215. The van der Waals surface area contributed by atoms with Crippen molar-refractivity contribution in [1.29, 1.82) is 0 Å². The second-order valence-corrected chi connectivity index (χ2v) is 3.91. The first kappa shape index (κ1) is 10.4. The molecule has 0 bridgehead atoms. The van der Waals surface area contributed by atoms with Crippen molar-refractivity contribution in [3.8, 4) is 0 Å². The standard InChI is InChI=1S/C8H15N3OS/c9-7(12)5-11(6-1-2-6)4-3-8(10)13/h6H,1-5H2,(H2,9,12)(H2,10,13). The van der Waals surface area contributed by atoms with E-state index in [9.17, 15) is 4.79 Å². The molecular weight excluding hydrogens is 186 g/mol. The summed E-state index contributed by atoms with van der Waals surface area (Å²) in [6.07, 6.45) is 2.98. The van der Waals surface area contributed by atoms with Crippen molar-refractivity contribution in [2.24, 2.45) is 11.5 Å². The zero-order valence-corrected chi connectivity index (χ0v) is 8.35. The molecule has 1 aliphatic rings. The van der Waals surface area contributed by atoms with Crippen molar-refractivity contribution in [2.75, 3.05) is 13.1 Å². The molecule has 0 saturated heterocycles. The zero-order chi connectivity index (χ0) is 9.84. The van der Waals surface area contributed by atoms with Gasteiger partial charge in [-0.25, -0.2) is 0 Å². The Morgan fingerprint density at radius 3 is 2.46 bits per heavy atom. The first-order valence-corrected chi connectivity index (χ1v) is 4.81. The van der Waals surface area contributed by atoms with Crippen LogP contribution < -0.4 is 11.5 Å². The van der Waals surface area contributed by atoms with E-state index in [0.29, 0.717) is 24.0 Å². The van der Waals surface area contributed by atoms with E-state index >= 15 is 0 Å². The van der Waals surface area contributed by atoms with Crippen LogP contribution in [-0.4, -0.2) is 34.9 Å². The number of rotatable bonds is 6. The molecule has 1 fully saturated rings. The third kappa shape index (κ3) is 4.19. The summed E-state index contributed by atoms with van der Waals surface area (Å²) in [6, 6.07) is 0.529. The van der Waals surface area contributed by atoms with Gasteiger partial charge in [0, 0.05) is 19.0 Å². The van der Waals surface area contributed by atoms with Crippen LogP contribution in [0, 0.1) is 0 Å². The fraction of sp³-hybridized carbons (Fsp3) is 0.750. The number of nitrogens with two attached hydrogens (primary N) is 2. The lowest BCUT2D eigenvalue weighted by molar-refractivity contribution is -0.119. The van der Waals surface area contributed by atoms with Gasteiger partial charge < -0.3 is 11.5 Å². The summed E-state index contributed by atoms with van der Waals surface area (Å²) in [7, 11) is 0. The molecule has 5 heteroatoms. The van der Waals surface area contributed by atoms with Gasteiger partial charge in [0.15, 0.2) is 0 Å². The maximum Gasteiger partial charge on any atom is 0.231 e. The van der Waals surface area contributed by atoms with Crippen LogP contribution in [0.25, 0.3) is 0 Å². The predicted octanol–water partition coefficient (Wildman–Crippen LogP) is -0.388. The van der Waals surface area contributed by atoms with Crippen LogP contribution in [0.1, 0.15) is 19.3 Å². The van der Waals surface area contributed by atoms with E-state index in [4.69, 9.17) is 23.7 Å². The highest BCUT2D eigenvalue weighted by Gasteiger charge is 2.29. The fourth-order valence-corrected chi connectivity index (χ4v) is 1.38. The van der Waals surface area contributed by atoms with E-state index in [2.05, 4.69) is 4.90 Å². The van der Waals surface area contributed by atoms with Gasteiger partial charge in [-0.1, -0.05) is 12.2 Å². The van der Waals surface area contributed by atoms with Gasteiger partial charge in [0.05, 0.1) is 11.5 Å². The van der Waals surface area contributed by atoms with E-state index in [1.54, 1.807) is 0 Å².